The van der Waals surface area contributed by atoms with Gasteiger partial charge in [0.1, 0.15) is 0 Å². The first kappa shape index (κ1) is 15.6. The molecule has 0 atom stereocenters. The monoisotopic (exact) mass is 550 g/mol. The summed E-state index contributed by atoms with van der Waals surface area (Å²) in [4.78, 5) is 10.7. The van der Waals surface area contributed by atoms with E-state index in [0.29, 0.717) is 6.61 Å². The van der Waals surface area contributed by atoms with Gasteiger partial charge in [0.25, 0.3) is 0.564 Å². The van der Waals surface area contributed by atoms with Crippen LogP contribution in [0.2, 0.25) is 6.04 Å². The van der Waals surface area contributed by atoms with E-state index in [1.807, 2.05) is 0 Å². The zero-order chi connectivity index (χ0) is 11.0. The zero-order valence-electron chi connectivity index (χ0n) is 7.77. The summed E-state index contributed by atoms with van der Waals surface area (Å²) in [5.41, 5.74) is 0. The molecule has 0 aromatic rings. The second kappa shape index (κ2) is 8.73. The van der Waals surface area contributed by atoms with Gasteiger partial charge in [-0.1, -0.05) is 84.8 Å². The Hall–Kier alpha value is 1.62. The van der Waals surface area contributed by atoms with Crippen molar-refractivity contribution in [3.63, 3.8) is 0 Å². The second-order valence-corrected chi connectivity index (χ2v) is 39.7. The highest BCUT2D eigenvalue weighted by atomic mass is 127. The van der Waals surface area contributed by atoms with Crippen molar-refractivity contribution in [1.82, 2.24) is 0 Å². The smallest absolute Gasteiger partial charge is 0.330 e. The summed E-state index contributed by atoms with van der Waals surface area (Å²) in [6, 6.07) is 1.32. The standard InChI is InChI=1S/C8H13I3O2Si/c1-2-8(12)13-6-4-3-5-7-14(9,10)11/h2H,1,3-7H2. The topological polar surface area (TPSA) is 26.3 Å². The van der Waals surface area contributed by atoms with Crippen molar-refractivity contribution in [3.05, 3.63) is 12.7 Å². The van der Waals surface area contributed by atoms with Crippen molar-refractivity contribution in [2.45, 2.75) is 25.3 Å². The van der Waals surface area contributed by atoms with Crippen molar-refractivity contribution < 1.29 is 9.53 Å². The Morgan fingerprint density at radius 3 is 2.43 bits per heavy atom. The lowest BCUT2D eigenvalue weighted by Crippen LogP contribution is -2.05. The zero-order valence-corrected chi connectivity index (χ0v) is 15.2. The number of halogens is 3. The summed E-state index contributed by atoms with van der Waals surface area (Å²) in [5, 5.41) is 0. The number of esters is 1. The van der Waals surface area contributed by atoms with Crippen molar-refractivity contribution in [2.75, 3.05) is 6.61 Å². The summed E-state index contributed by atoms with van der Waals surface area (Å²) in [7, 11) is 0. The van der Waals surface area contributed by atoms with Gasteiger partial charge in [0.15, 0.2) is 0 Å². The fourth-order valence-electron chi connectivity index (χ4n) is 0.836. The quantitative estimate of drug-likeness (QED) is 0.119. The van der Waals surface area contributed by atoms with Crippen LogP contribution in [0.3, 0.4) is 0 Å². The summed E-state index contributed by atoms with van der Waals surface area (Å²) in [5.74, 6) is -0.314. The first-order valence-electron chi connectivity index (χ1n) is 4.31. The van der Waals surface area contributed by atoms with E-state index in [1.54, 1.807) is 0 Å². The highest BCUT2D eigenvalue weighted by molar-refractivity contribution is 14.4. The lowest BCUT2D eigenvalue weighted by atomic mass is 10.3. The molecule has 0 N–H and O–H groups in total. The molecule has 0 rings (SSSR count). The van der Waals surface area contributed by atoms with E-state index < -0.39 is 0.564 Å². The van der Waals surface area contributed by atoms with Crippen LogP contribution in [0.15, 0.2) is 12.7 Å². The fourth-order valence-corrected chi connectivity index (χ4v) is 4.92. The molecule has 6 heteroatoms. The minimum absolute atomic E-state index is 0.314. The van der Waals surface area contributed by atoms with Crippen LogP contribution in [0, 0.1) is 0 Å². The molecule has 2 nitrogen and oxygen atoms in total. The summed E-state index contributed by atoms with van der Waals surface area (Å²) >= 11 is 7.70. The van der Waals surface area contributed by atoms with Gasteiger partial charge in [-0.2, -0.15) is 0 Å². The number of rotatable bonds is 7. The molecule has 0 bridgehead atoms. The Kier molecular flexibility index (Phi) is 9.74. The van der Waals surface area contributed by atoms with Crippen LogP contribution in [0.25, 0.3) is 0 Å². The number of carbonyl (C=O) groups excluding carboxylic acids is 1. The summed E-state index contributed by atoms with van der Waals surface area (Å²) in [6.45, 7) is 3.87. The van der Waals surface area contributed by atoms with Crippen LogP contribution < -0.4 is 0 Å². The van der Waals surface area contributed by atoms with Gasteiger partial charge in [0, 0.05) is 6.08 Å². The largest absolute Gasteiger partial charge is 0.463 e. The molecule has 0 aromatic heterocycles. The van der Waals surface area contributed by atoms with E-state index in [9.17, 15) is 4.79 Å². The van der Waals surface area contributed by atoms with Gasteiger partial charge in [-0.25, -0.2) is 4.79 Å². The average Bonchev–Trinajstić information content (AvgIpc) is 2.08. The molecular weight excluding hydrogens is 537 g/mol. The molecule has 0 radical (unpaired) electrons. The van der Waals surface area contributed by atoms with E-state index in [1.165, 1.54) is 18.5 Å². The molecule has 0 spiro atoms. The van der Waals surface area contributed by atoms with Gasteiger partial charge in [-0.3, -0.25) is 0 Å². The molecule has 0 aliphatic rings. The van der Waals surface area contributed by atoms with Gasteiger partial charge < -0.3 is 4.74 Å². The SMILES string of the molecule is C=CC(=O)OCCCCC[Si](I)(I)I. The van der Waals surface area contributed by atoms with Crippen LogP contribution in [0.5, 0.6) is 0 Å². The molecule has 0 aliphatic carbocycles. The molecule has 14 heavy (non-hydrogen) atoms. The normalized spacial score (nSPS) is 11.1. The van der Waals surface area contributed by atoms with E-state index in [0.717, 1.165) is 12.8 Å². The van der Waals surface area contributed by atoms with Gasteiger partial charge in [-0.05, 0) is 12.5 Å². The number of ether oxygens (including phenoxy) is 1. The van der Waals surface area contributed by atoms with Crippen LogP contribution in [-0.2, 0) is 9.53 Å². The van der Waals surface area contributed by atoms with E-state index in [4.69, 9.17) is 4.74 Å². The molecule has 0 saturated carbocycles. The predicted octanol–water partition coefficient (Wildman–Crippen LogP) is 4.13. The number of hydrogen-bond donors (Lipinski definition) is 0. The molecule has 0 heterocycles. The minimum atomic E-state index is -0.960. The highest BCUT2D eigenvalue weighted by Gasteiger charge is 2.20. The van der Waals surface area contributed by atoms with Crippen molar-refractivity contribution in [3.8, 4) is 0 Å². The highest BCUT2D eigenvalue weighted by Crippen LogP contribution is 2.35. The molecule has 0 fully saturated rings. The second-order valence-electron chi connectivity index (χ2n) is 2.80. The van der Waals surface area contributed by atoms with Crippen LogP contribution in [0.1, 0.15) is 19.3 Å². The van der Waals surface area contributed by atoms with Crippen molar-refractivity contribution in [1.29, 1.82) is 0 Å². The maximum Gasteiger partial charge on any atom is 0.330 e. The fraction of sp³-hybridized carbons (Fsp3) is 0.625. The van der Waals surface area contributed by atoms with E-state index in [2.05, 4.69) is 72.0 Å². The summed E-state index contributed by atoms with van der Waals surface area (Å²) in [6.07, 6.45) is 4.56. The number of hydrogen-bond acceptors (Lipinski definition) is 2. The molecule has 0 unspecified atom stereocenters. The van der Waals surface area contributed by atoms with Gasteiger partial charge in [0.05, 0.1) is 6.61 Å². The van der Waals surface area contributed by atoms with Crippen molar-refractivity contribution >= 4 is 71.9 Å². The Labute approximate surface area is 124 Å². The Bertz CT molecular complexity index is 192. The van der Waals surface area contributed by atoms with Crippen LogP contribution in [0.4, 0.5) is 0 Å². The first-order valence-corrected chi connectivity index (χ1v) is 15.9. The molecule has 0 amide bonds. The van der Waals surface area contributed by atoms with Gasteiger partial charge >= 0.3 is 5.97 Å². The van der Waals surface area contributed by atoms with Gasteiger partial charge in [-0.15, -0.1) is 0 Å². The van der Waals surface area contributed by atoms with Crippen molar-refractivity contribution in [2.24, 2.45) is 0 Å². The number of carbonyl (C=O) groups is 1. The van der Waals surface area contributed by atoms with Crippen LogP contribution >= 0.6 is 65.4 Å². The first-order chi connectivity index (χ1) is 6.45. The molecule has 82 valence electrons. The maximum absolute atomic E-state index is 10.7. The minimum Gasteiger partial charge on any atom is -0.463 e. The Morgan fingerprint density at radius 2 is 1.93 bits per heavy atom. The Balaban J connectivity index is 3.22. The number of unbranched alkanes of at least 4 members (excludes halogenated alkanes) is 2. The van der Waals surface area contributed by atoms with Crippen LogP contribution in [-0.4, -0.2) is 13.1 Å². The molecular formula is C8H13I3O2Si. The average molecular weight is 550 g/mol. The van der Waals surface area contributed by atoms with E-state index >= 15 is 0 Å². The van der Waals surface area contributed by atoms with Gasteiger partial charge in [0.2, 0.25) is 0 Å². The molecule has 0 saturated heterocycles. The Morgan fingerprint density at radius 1 is 1.29 bits per heavy atom. The lowest BCUT2D eigenvalue weighted by Gasteiger charge is -2.08. The lowest BCUT2D eigenvalue weighted by molar-refractivity contribution is -0.137. The molecule has 0 aromatic carbocycles. The predicted molar refractivity (Wildman–Crippen MR) is 87.6 cm³/mol. The third kappa shape index (κ3) is 11.7. The maximum atomic E-state index is 10.7. The van der Waals surface area contributed by atoms with E-state index in [-0.39, 0.29) is 5.97 Å². The molecule has 0 aliphatic heterocycles. The third-order valence-electron chi connectivity index (χ3n) is 1.52. The summed E-state index contributed by atoms with van der Waals surface area (Å²) < 4.78 is 3.91. The third-order valence-corrected chi connectivity index (χ3v) is 7.29.